The van der Waals surface area contributed by atoms with Gasteiger partial charge >= 0.3 is 0 Å². The van der Waals surface area contributed by atoms with Crippen LogP contribution in [0.5, 0.6) is 0 Å². The fourth-order valence-corrected chi connectivity index (χ4v) is 3.47. The van der Waals surface area contributed by atoms with Crippen molar-refractivity contribution in [3.8, 4) is 0 Å². The van der Waals surface area contributed by atoms with E-state index in [1.807, 2.05) is 23.7 Å². The van der Waals surface area contributed by atoms with Gasteiger partial charge in [0.05, 0.1) is 18.1 Å². The molecule has 4 heterocycles. The number of anilines is 1. The summed E-state index contributed by atoms with van der Waals surface area (Å²) in [6, 6.07) is 3.70. The van der Waals surface area contributed by atoms with Crippen LogP contribution >= 0.6 is 0 Å². The molecule has 0 spiro atoms. The van der Waals surface area contributed by atoms with E-state index in [4.69, 9.17) is 0 Å². The van der Waals surface area contributed by atoms with E-state index in [9.17, 15) is 4.79 Å². The standard InChI is InChI=1S/C18H23N7O/c1-13-8-14(2)25-18(21-13)15(10-20-25)12-23-4-6-24(7-5-23)16-9-17(26)22(3)19-11-16/h8-11H,4-7,12H2,1-3H3. The van der Waals surface area contributed by atoms with Gasteiger partial charge in [-0.3, -0.25) is 9.69 Å². The van der Waals surface area contributed by atoms with E-state index in [-0.39, 0.29) is 5.56 Å². The Hall–Kier alpha value is -2.74. The Morgan fingerprint density at radius 1 is 1.04 bits per heavy atom. The van der Waals surface area contributed by atoms with Gasteiger partial charge in [0.1, 0.15) is 0 Å². The maximum Gasteiger partial charge on any atom is 0.268 e. The normalized spacial score (nSPS) is 15.7. The average Bonchev–Trinajstić information content (AvgIpc) is 3.01. The molecule has 3 aromatic rings. The van der Waals surface area contributed by atoms with Crippen molar-refractivity contribution < 1.29 is 0 Å². The molecule has 3 aromatic heterocycles. The zero-order chi connectivity index (χ0) is 18.3. The van der Waals surface area contributed by atoms with E-state index < -0.39 is 0 Å². The largest absolute Gasteiger partial charge is 0.368 e. The van der Waals surface area contributed by atoms with Gasteiger partial charge in [0.15, 0.2) is 5.65 Å². The first-order valence-electron chi connectivity index (χ1n) is 8.83. The highest BCUT2D eigenvalue weighted by Crippen LogP contribution is 2.17. The van der Waals surface area contributed by atoms with Crippen molar-refractivity contribution in [3.63, 3.8) is 0 Å². The highest BCUT2D eigenvalue weighted by Gasteiger charge is 2.20. The summed E-state index contributed by atoms with van der Waals surface area (Å²) in [5.74, 6) is 0. The van der Waals surface area contributed by atoms with Gasteiger partial charge in [-0.25, -0.2) is 14.2 Å². The molecular weight excluding hydrogens is 330 g/mol. The average molecular weight is 353 g/mol. The molecule has 0 saturated carbocycles. The summed E-state index contributed by atoms with van der Waals surface area (Å²) in [6.07, 6.45) is 3.68. The molecule has 8 nitrogen and oxygen atoms in total. The maximum atomic E-state index is 11.8. The van der Waals surface area contributed by atoms with Crippen LogP contribution in [0.3, 0.4) is 0 Å². The molecule has 0 aliphatic carbocycles. The zero-order valence-electron chi connectivity index (χ0n) is 15.4. The predicted octanol–water partition coefficient (Wildman–Crippen LogP) is 0.762. The minimum atomic E-state index is -0.0758. The summed E-state index contributed by atoms with van der Waals surface area (Å²) in [7, 11) is 1.66. The van der Waals surface area contributed by atoms with E-state index in [0.717, 1.165) is 61.0 Å². The van der Waals surface area contributed by atoms with Crippen molar-refractivity contribution in [2.24, 2.45) is 7.05 Å². The van der Waals surface area contributed by atoms with Crippen molar-refractivity contribution in [3.05, 3.63) is 51.8 Å². The number of aromatic nitrogens is 5. The highest BCUT2D eigenvalue weighted by molar-refractivity contribution is 5.48. The number of hydrogen-bond donors (Lipinski definition) is 0. The second-order valence-electron chi connectivity index (χ2n) is 6.88. The molecule has 1 aliphatic heterocycles. The van der Waals surface area contributed by atoms with Crippen LogP contribution in [0.2, 0.25) is 0 Å². The summed E-state index contributed by atoms with van der Waals surface area (Å²) >= 11 is 0. The third kappa shape index (κ3) is 3.08. The van der Waals surface area contributed by atoms with E-state index in [2.05, 4.69) is 31.9 Å². The molecule has 0 atom stereocenters. The van der Waals surface area contributed by atoms with Crippen LogP contribution in [0.1, 0.15) is 17.0 Å². The third-order valence-electron chi connectivity index (χ3n) is 4.94. The predicted molar refractivity (Wildman–Crippen MR) is 99.4 cm³/mol. The first kappa shape index (κ1) is 16.7. The topological polar surface area (TPSA) is 71.6 Å². The fraction of sp³-hybridized carbons (Fsp3) is 0.444. The highest BCUT2D eigenvalue weighted by atomic mass is 16.1. The van der Waals surface area contributed by atoms with E-state index in [1.54, 1.807) is 19.3 Å². The van der Waals surface area contributed by atoms with Gasteiger partial charge in [0.2, 0.25) is 0 Å². The number of fused-ring (bicyclic) bond motifs is 1. The first-order chi connectivity index (χ1) is 12.5. The molecule has 0 unspecified atom stereocenters. The summed E-state index contributed by atoms with van der Waals surface area (Å²) < 4.78 is 3.26. The molecule has 1 aliphatic rings. The van der Waals surface area contributed by atoms with Crippen LogP contribution in [0.25, 0.3) is 5.65 Å². The van der Waals surface area contributed by atoms with Gasteiger partial charge in [0.25, 0.3) is 5.56 Å². The summed E-state index contributed by atoms with van der Waals surface area (Å²) in [4.78, 5) is 21.1. The maximum absolute atomic E-state index is 11.8. The second-order valence-corrected chi connectivity index (χ2v) is 6.88. The van der Waals surface area contributed by atoms with Crippen LogP contribution in [0.15, 0.2) is 29.3 Å². The SMILES string of the molecule is Cc1cc(C)n2ncc(CN3CCN(c4cnn(C)c(=O)c4)CC3)c2n1. The summed E-state index contributed by atoms with van der Waals surface area (Å²) in [6.45, 7) is 8.51. The minimum absolute atomic E-state index is 0.0758. The third-order valence-corrected chi connectivity index (χ3v) is 4.94. The van der Waals surface area contributed by atoms with Gasteiger partial charge in [0, 0.05) is 62.8 Å². The van der Waals surface area contributed by atoms with E-state index in [1.165, 1.54) is 4.68 Å². The molecule has 0 radical (unpaired) electrons. The Bertz CT molecular complexity index is 998. The number of piperazine rings is 1. The lowest BCUT2D eigenvalue weighted by atomic mass is 10.2. The molecule has 1 fully saturated rings. The molecule has 4 rings (SSSR count). The molecule has 26 heavy (non-hydrogen) atoms. The molecular formula is C18H23N7O. The van der Waals surface area contributed by atoms with Crippen molar-refractivity contribution >= 4 is 11.3 Å². The lowest BCUT2D eigenvalue weighted by Gasteiger charge is -2.35. The lowest BCUT2D eigenvalue weighted by Crippen LogP contribution is -2.46. The van der Waals surface area contributed by atoms with Crippen molar-refractivity contribution in [2.75, 3.05) is 31.1 Å². The summed E-state index contributed by atoms with van der Waals surface area (Å²) in [5, 5.41) is 8.59. The first-order valence-corrected chi connectivity index (χ1v) is 8.83. The van der Waals surface area contributed by atoms with Crippen LogP contribution in [-0.4, -0.2) is 55.5 Å². The van der Waals surface area contributed by atoms with Crippen LogP contribution < -0.4 is 10.5 Å². The molecule has 0 N–H and O–H groups in total. The lowest BCUT2D eigenvalue weighted by molar-refractivity contribution is 0.250. The fourth-order valence-electron chi connectivity index (χ4n) is 3.47. The monoisotopic (exact) mass is 353 g/mol. The molecule has 1 saturated heterocycles. The molecule has 0 amide bonds. The quantitative estimate of drug-likeness (QED) is 0.692. The van der Waals surface area contributed by atoms with Gasteiger partial charge in [-0.2, -0.15) is 10.2 Å². The smallest absolute Gasteiger partial charge is 0.268 e. The Balaban J connectivity index is 1.46. The Morgan fingerprint density at radius 2 is 1.81 bits per heavy atom. The summed E-state index contributed by atoms with van der Waals surface area (Å²) in [5.41, 5.74) is 5.03. The number of hydrogen-bond acceptors (Lipinski definition) is 6. The second kappa shape index (κ2) is 6.53. The van der Waals surface area contributed by atoms with Crippen molar-refractivity contribution in [1.29, 1.82) is 0 Å². The van der Waals surface area contributed by atoms with Crippen molar-refractivity contribution in [1.82, 2.24) is 29.3 Å². The van der Waals surface area contributed by atoms with Crippen molar-refractivity contribution in [2.45, 2.75) is 20.4 Å². The Labute approximate surface area is 151 Å². The van der Waals surface area contributed by atoms with E-state index >= 15 is 0 Å². The van der Waals surface area contributed by atoms with E-state index in [0.29, 0.717) is 0 Å². The number of aryl methyl sites for hydroxylation is 3. The van der Waals surface area contributed by atoms with Gasteiger partial charge in [-0.15, -0.1) is 0 Å². The Kier molecular flexibility index (Phi) is 4.20. The minimum Gasteiger partial charge on any atom is -0.368 e. The van der Waals surface area contributed by atoms with Crippen LogP contribution in [0.4, 0.5) is 5.69 Å². The molecule has 136 valence electrons. The Morgan fingerprint density at radius 3 is 2.54 bits per heavy atom. The zero-order valence-corrected chi connectivity index (χ0v) is 15.4. The van der Waals surface area contributed by atoms with Gasteiger partial charge in [-0.1, -0.05) is 0 Å². The number of rotatable bonds is 3. The van der Waals surface area contributed by atoms with Gasteiger partial charge in [-0.05, 0) is 19.9 Å². The van der Waals surface area contributed by atoms with Gasteiger partial charge < -0.3 is 4.90 Å². The molecule has 0 aromatic carbocycles. The molecule has 0 bridgehead atoms. The number of nitrogens with zero attached hydrogens (tertiary/aromatic N) is 7. The van der Waals surface area contributed by atoms with Crippen LogP contribution in [0, 0.1) is 13.8 Å². The molecule has 8 heteroatoms. The van der Waals surface area contributed by atoms with Crippen LogP contribution in [-0.2, 0) is 13.6 Å².